The van der Waals surface area contributed by atoms with Crippen LogP contribution in [0.3, 0.4) is 0 Å². The Morgan fingerprint density at radius 2 is 1.65 bits per heavy atom. The Morgan fingerprint density at radius 1 is 0.968 bits per heavy atom. The first-order valence-corrected chi connectivity index (χ1v) is 11.2. The maximum atomic E-state index is 12.9. The predicted octanol–water partition coefficient (Wildman–Crippen LogP) is 2.22. The number of nitro groups is 1. The third-order valence-corrected chi connectivity index (χ3v) is 7.43. The quantitative estimate of drug-likeness (QED) is 0.396. The highest BCUT2D eigenvalue weighted by molar-refractivity contribution is 7.89. The molecule has 162 valence electrons. The number of para-hydroxylation sites is 1. The van der Waals surface area contributed by atoms with E-state index >= 15 is 0 Å². The van der Waals surface area contributed by atoms with E-state index in [1.54, 1.807) is 30.3 Å². The van der Waals surface area contributed by atoms with Gasteiger partial charge in [0.2, 0.25) is 10.0 Å². The fraction of sp³-hybridized carbons (Fsp3) is 0.300. The van der Waals surface area contributed by atoms with Crippen LogP contribution >= 0.6 is 0 Å². The highest BCUT2D eigenvalue weighted by atomic mass is 32.2. The lowest BCUT2D eigenvalue weighted by molar-refractivity contribution is -0.385. The van der Waals surface area contributed by atoms with Gasteiger partial charge in [0.1, 0.15) is 6.54 Å². The number of imide groups is 1. The van der Waals surface area contributed by atoms with Crippen LogP contribution in [0.1, 0.15) is 12.8 Å². The summed E-state index contributed by atoms with van der Waals surface area (Å²) in [5.41, 5.74) is 0.212. The molecular formula is C20H20N4O6S. The van der Waals surface area contributed by atoms with Crippen LogP contribution < -0.4 is 4.90 Å². The Labute approximate surface area is 178 Å². The van der Waals surface area contributed by atoms with E-state index in [0.29, 0.717) is 18.5 Å². The molecule has 2 aromatic carbocycles. The van der Waals surface area contributed by atoms with Crippen LogP contribution in [0.25, 0.3) is 0 Å². The van der Waals surface area contributed by atoms with Gasteiger partial charge in [0, 0.05) is 31.3 Å². The van der Waals surface area contributed by atoms with Crippen molar-refractivity contribution < 1.29 is 22.9 Å². The largest absolute Gasteiger partial charge is 0.332 e. The summed E-state index contributed by atoms with van der Waals surface area (Å²) >= 11 is 0. The number of non-ortho nitro benzene ring substituents is 1. The minimum Gasteiger partial charge on any atom is -0.312 e. The van der Waals surface area contributed by atoms with Crippen LogP contribution in [0.15, 0.2) is 59.5 Å². The van der Waals surface area contributed by atoms with Crippen LogP contribution in [-0.2, 0) is 14.8 Å². The molecule has 0 radical (unpaired) electrons. The monoisotopic (exact) mass is 444 g/mol. The lowest BCUT2D eigenvalue weighted by atomic mass is 10.1. The molecule has 0 spiro atoms. The van der Waals surface area contributed by atoms with E-state index in [1.165, 1.54) is 27.4 Å². The van der Waals surface area contributed by atoms with Gasteiger partial charge >= 0.3 is 6.03 Å². The molecule has 2 aliphatic heterocycles. The molecular weight excluding hydrogens is 424 g/mol. The van der Waals surface area contributed by atoms with E-state index in [9.17, 15) is 28.1 Å². The van der Waals surface area contributed by atoms with Gasteiger partial charge in [0.15, 0.2) is 0 Å². The molecule has 11 heteroatoms. The fourth-order valence-corrected chi connectivity index (χ4v) is 5.45. The smallest absolute Gasteiger partial charge is 0.312 e. The number of benzene rings is 2. The Hall–Kier alpha value is -3.31. The zero-order chi connectivity index (χ0) is 22.2. The predicted molar refractivity (Wildman–Crippen MR) is 111 cm³/mol. The van der Waals surface area contributed by atoms with Crippen molar-refractivity contribution in [2.75, 3.05) is 24.5 Å². The molecule has 31 heavy (non-hydrogen) atoms. The molecule has 4 rings (SSSR count). The fourth-order valence-electron chi connectivity index (χ4n) is 3.94. The third kappa shape index (κ3) is 3.89. The molecule has 0 N–H and O–H groups in total. The number of hydrogen-bond acceptors (Lipinski definition) is 6. The van der Waals surface area contributed by atoms with Crippen LogP contribution in [0, 0.1) is 10.1 Å². The maximum Gasteiger partial charge on any atom is 0.332 e. The highest BCUT2D eigenvalue weighted by Crippen LogP contribution is 2.29. The molecule has 0 atom stereocenters. The zero-order valence-electron chi connectivity index (χ0n) is 16.5. The van der Waals surface area contributed by atoms with Gasteiger partial charge in [-0.15, -0.1) is 0 Å². The number of piperidine rings is 1. The van der Waals surface area contributed by atoms with Gasteiger partial charge in [-0.1, -0.05) is 24.3 Å². The van der Waals surface area contributed by atoms with Crippen LogP contribution in [0.4, 0.5) is 16.2 Å². The van der Waals surface area contributed by atoms with Crippen molar-refractivity contribution in [3.8, 4) is 0 Å². The number of urea groups is 1. The average molecular weight is 444 g/mol. The van der Waals surface area contributed by atoms with Gasteiger partial charge in [-0.25, -0.2) is 18.1 Å². The standard InChI is InChI=1S/C20H20N4O6S/c25-19-14-22(20(26)23(19)16-5-2-1-3-6-16)15-9-11-21(12-10-15)31(29,30)18-8-4-7-17(13-18)24(27)28/h1-8,13,15H,9-12,14H2. The maximum absolute atomic E-state index is 12.9. The second kappa shape index (κ2) is 8.08. The topological polar surface area (TPSA) is 121 Å². The molecule has 2 heterocycles. The summed E-state index contributed by atoms with van der Waals surface area (Å²) < 4.78 is 27.1. The second-order valence-electron chi connectivity index (χ2n) is 7.36. The number of rotatable bonds is 5. The summed E-state index contributed by atoms with van der Waals surface area (Å²) in [6.45, 7) is 0.258. The Bertz CT molecular complexity index is 1130. The van der Waals surface area contributed by atoms with Gasteiger partial charge in [0.25, 0.3) is 11.6 Å². The summed E-state index contributed by atoms with van der Waals surface area (Å²) in [6.07, 6.45) is 0.742. The number of amides is 3. The number of hydrogen-bond donors (Lipinski definition) is 0. The SMILES string of the molecule is O=C1CN(C2CCN(S(=O)(=O)c3cccc([N+](=O)[O-])c3)CC2)C(=O)N1c1ccccc1. The lowest BCUT2D eigenvalue weighted by Crippen LogP contribution is -2.48. The van der Waals surface area contributed by atoms with E-state index in [0.717, 1.165) is 11.0 Å². The van der Waals surface area contributed by atoms with Crippen LogP contribution in [0.5, 0.6) is 0 Å². The van der Waals surface area contributed by atoms with Crippen molar-refractivity contribution in [1.82, 2.24) is 9.21 Å². The van der Waals surface area contributed by atoms with E-state index in [1.807, 2.05) is 0 Å². The van der Waals surface area contributed by atoms with Crippen molar-refractivity contribution in [1.29, 1.82) is 0 Å². The molecule has 0 unspecified atom stereocenters. The number of nitro benzene ring substituents is 1. The van der Waals surface area contributed by atoms with Crippen LogP contribution in [0.2, 0.25) is 0 Å². The van der Waals surface area contributed by atoms with Crippen molar-refractivity contribution >= 4 is 33.3 Å². The molecule has 0 aliphatic carbocycles. The first-order chi connectivity index (χ1) is 14.8. The van der Waals surface area contributed by atoms with Crippen molar-refractivity contribution in [2.45, 2.75) is 23.8 Å². The normalized spacial score (nSPS) is 18.6. The summed E-state index contributed by atoms with van der Waals surface area (Å²) in [6, 6.07) is 12.9. The van der Waals surface area contributed by atoms with Gasteiger partial charge in [0.05, 0.1) is 15.5 Å². The molecule has 0 bridgehead atoms. The summed E-state index contributed by atoms with van der Waals surface area (Å²) in [5.74, 6) is -0.317. The average Bonchev–Trinajstić information content (AvgIpc) is 3.08. The molecule has 2 aliphatic rings. The van der Waals surface area contributed by atoms with E-state index in [4.69, 9.17) is 0 Å². The Balaban J connectivity index is 1.45. The van der Waals surface area contributed by atoms with Crippen molar-refractivity contribution in [2.24, 2.45) is 0 Å². The number of nitrogens with zero attached hydrogens (tertiary/aromatic N) is 4. The van der Waals surface area contributed by atoms with Gasteiger partial charge < -0.3 is 4.90 Å². The second-order valence-corrected chi connectivity index (χ2v) is 9.30. The third-order valence-electron chi connectivity index (χ3n) is 5.54. The number of carbonyl (C=O) groups excluding carboxylic acids is 2. The first-order valence-electron chi connectivity index (χ1n) is 9.72. The van der Waals surface area contributed by atoms with Gasteiger partial charge in [-0.3, -0.25) is 14.9 Å². The molecule has 3 amide bonds. The van der Waals surface area contributed by atoms with Crippen molar-refractivity contribution in [3.63, 3.8) is 0 Å². The van der Waals surface area contributed by atoms with E-state index in [2.05, 4.69) is 0 Å². The minimum absolute atomic E-state index is 0.0456. The Kier molecular flexibility index (Phi) is 5.46. The number of sulfonamides is 1. The number of carbonyl (C=O) groups is 2. The summed E-state index contributed by atoms with van der Waals surface area (Å²) in [5, 5.41) is 11.0. The molecule has 2 fully saturated rings. The Morgan fingerprint density at radius 3 is 2.29 bits per heavy atom. The van der Waals surface area contributed by atoms with E-state index in [-0.39, 0.29) is 42.2 Å². The summed E-state index contributed by atoms with van der Waals surface area (Å²) in [7, 11) is -3.89. The van der Waals surface area contributed by atoms with E-state index < -0.39 is 21.0 Å². The molecule has 2 aromatic rings. The summed E-state index contributed by atoms with van der Waals surface area (Å²) in [4.78, 5) is 38.1. The van der Waals surface area contributed by atoms with Crippen LogP contribution in [-0.4, -0.2) is 60.2 Å². The molecule has 0 saturated carbocycles. The first kappa shape index (κ1) is 20.9. The molecule has 10 nitrogen and oxygen atoms in total. The van der Waals surface area contributed by atoms with Gasteiger partial charge in [-0.2, -0.15) is 4.31 Å². The zero-order valence-corrected chi connectivity index (χ0v) is 17.3. The molecule has 0 aromatic heterocycles. The minimum atomic E-state index is -3.89. The van der Waals surface area contributed by atoms with Gasteiger partial charge in [-0.05, 0) is 31.0 Å². The van der Waals surface area contributed by atoms with Crippen molar-refractivity contribution in [3.05, 3.63) is 64.7 Å². The lowest BCUT2D eigenvalue weighted by Gasteiger charge is -2.35. The molecule has 2 saturated heterocycles. The number of anilines is 1. The highest BCUT2D eigenvalue weighted by Gasteiger charge is 2.42.